The highest BCUT2D eigenvalue weighted by Gasteiger charge is 2.11. The maximum Gasteiger partial charge on any atom is 0.270 e. The van der Waals surface area contributed by atoms with Crippen LogP contribution >= 0.6 is 11.3 Å². The van der Waals surface area contributed by atoms with Gasteiger partial charge in [0.1, 0.15) is 23.1 Å². The molecule has 2 N–H and O–H groups in total. The Balaban J connectivity index is 1.39. The van der Waals surface area contributed by atoms with Crippen LogP contribution in [0.4, 0.5) is 0 Å². The van der Waals surface area contributed by atoms with E-state index in [4.69, 9.17) is 4.74 Å². The van der Waals surface area contributed by atoms with Gasteiger partial charge >= 0.3 is 0 Å². The molecular weight excluding hydrogens is 434 g/mol. The number of thiazole rings is 1. The number of nitrogens with zero attached hydrogens (tertiary/aromatic N) is 1. The van der Waals surface area contributed by atoms with E-state index in [9.17, 15) is 9.59 Å². The summed E-state index contributed by atoms with van der Waals surface area (Å²) >= 11 is 1.39. The van der Waals surface area contributed by atoms with Gasteiger partial charge < -0.3 is 15.4 Å². The molecule has 0 spiro atoms. The number of aryl methyl sites for hydroxylation is 3. The average Bonchev–Trinajstić information content (AvgIpc) is 3.28. The van der Waals surface area contributed by atoms with Crippen molar-refractivity contribution in [2.24, 2.45) is 0 Å². The molecule has 33 heavy (non-hydrogen) atoms. The first-order chi connectivity index (χ1) is 15.9. The van der Waals surface area contributed by atoms with Crippen molar-refractivity contribution in [3.8, 4) is 5.75 Å². The molecule has 2 aromatic carbocycles. The van der Waals surface area contributed by atoms with Crippen LogP contribution in [0.2, 0.25) is 0 Å². The number of amides is 2. The summed E-state index contributed by atoms with van der Waals surface area (Å²) < 4.78 is 5.81. The third kappa shape index (κ3) is 7.71. The number of rotatable bonds is 11. The Kier molecular flexibility index (Phi) is 9.01. The molecule has 0 unspecified atom stereocenters. The van der Waals surface area contributed by atoms with Crippen LogP contribution in [-0.2, 0) is 13.0 Å². The van der Waals surface area contributed by atoms with Crippen LogP contribution in [0.15, 0.2) is 47.8 Å². The molecule has 2 amide bonds. The van der Waals surface area contributed by atoms with Crippen LogP contribution in [-0.4, -0.2) is 29.9 Å². The average molecular weight is 466 g/mol. The Morgan fingerprint density at radius 3 is 2.30 bits per heavy atom. The summed E-state index contributed by atoms with van der Waals surface area (Å²) in [6.45, 7) is 7.20. The second kappa shape index (κ2) is 12.2. The lowest BCUT2D eigenvalue weighted by Gasteiger charge is -2.07. The fourth-order valence-corrected chi connectivity index (χ4v) is 4.08. The Hall–Kier alpha value is -3.19. The van der Waals surface area contributed by atoms with Gasteiger partial charge in [-0.05, 0) is 67.6 Å². The van der Waals surface area contributed by atoms with Crippen LogP contribution in [0.3, 0.4) is 0 Å². The van der Waals surface area contributed by atoms with Gasteiger partial charge in [-0.1, -0.05) is 31.5 Å². The Morgan fingerprint density at radius 2 is 1.64 bits per heavy atom. The molecule has 1 aromatic heterocycles. The zero-order valence-corrected chi connectivity index (χ0v) is 20.3. The van der Waals surface area contributed by atoms with Crippen LogP contribution in [0.25, 0.3) is 0 Å². The van der Waals surface area contributed by atoms with Gasteiger partial charge in [-0.25, -0.2) is 4.98 Å². The van der Waals surface area contributed by atoms with E-state index in [1.54, 1.807) is 5.38 Å². The van der Waals surface area contributed by atoms with Gasteiger partial charge in [0.25, 0.3) is 11.8 Å². The van der Waals surface area contributed by atoms with Crippen molar-refractivity contribution < 1.29 is 14.3 Å². The maximum absolute atomic E-state index is 12.3. The van der Waals surface area contributed by atoms with E-state index >= 15 is 0 Å². The SMILES string of the molecule is CCCCc1ccc(C(=O)NCCNC(=O)c2csc(COc3cc(C)cc(C)c3)n2)cc1. The molecule has 3 aromatic rings. The molecule has 174 valence electrons. The number of hydrogen-bond acceptors (Lipinski definition) is 5. The third-order valence-electron chi connectivity index (χ3n) is 5.07. The van der Waals surface area contributed by atoms with Crippen LogP contribution in [0.5, 0.6) is 5.75 Å². The molecule has 0 saturated carbocycles. The number of carbonyl (C=O) groups is 2. The van der Waals surface area contributed by atoms with Crippen molar-refractivity contribution in [2.45, 2.75) is 46.6 Å². The van der Waals surface area contributed by atoms with Crippen molar-refractivity contribution in [3.05, 3.63) is 80.8 Å². The van der Waals surface area contributed by atoms with Gasteiger partial charge in [0.05, 0.1) is 0 Å². The largest absolute Gasteiger partial charge is 0.486 e. The molecule has 3 rings (SSSR count). The van der Waals surface area contributed by atoms with E-state index < -0.39 is 0 Å². The van der Waals surface area contributed by atoms with E-state index in [0.29, 0.717) is 31.0 Å². The van der Waals surface area contributed by atoms with Crippen molar-refractivity contribution >= 4 is 23.2 Å². The molecular formula is C26H31N3O3S. The summed E-state index contributed by atoms with van der Waals surface area (Å²) in [5.41, 5.74) is 4.49. The normalized spacial score (nSPS) is 10.6. The fraction of sp³-hybridized carbons (Fsp3) is 0.346. The highest BCUT2D eigenvalue weighted by molar-refractivity contribution is 7.09. The zero-order chi connectivity index (χ0) is 23.6. The minimum atomic E-state index is -0.265. The summed E-state index contributed by atoms with van der Waals surface area (Å²) in [5.74, 6) is 0.379. The fourth-order valence-electron chi connectivity index (χ4n) is 3.39. The monoisotopic (exact) mass is 465 g/mol. The molecule has 0 atom stereocenters. The van der Waals surface area contributed by atoms with Gasteiger partial charge in [0.15, 0.2) is 0 Å². The molecule has 0 aliphatic carbocycles. The summed E-state index contributed by atoms with van der Waals surface area (Å²) in [4.78, 5) is 29.0. The highest BCUT2D eigenvalue weighted by Crippen LogP contribution is 2.19. The van der Waals surface area contributed by atoms with Gasteiger partial charge in [0.2, 0.25) is 0 Å². The molecule has 0 aliphatic heterocycles. The first kappa shape index (κ1) is 24.5. The topological polar surface area (TPSA) is 80.3 Å². The van der Waals surface area contributed by atoms with Gasteiger partial charge in [-0.3, -0.25) is 9.59 Å². The van der Waals surface area contributed by atoms with E-state index in [-0.39, 0.29) is 11.8 Å². The van der Waals surface area contributed by atoms with Crippen molar-refractivity contribution in [3.63, 3.8) is 0 Å². The first-order valence-electron chi connectivity index (χ1n) is 11.3. The summed E-state index contributed by atoms with van der Waals surface area (Å²) in [5, 5.41) is 8.07. The van der Waals surface area contributed by atoms with Crippen LogP contribution in [0, 0.1) is 13.8 Å². The van der Waals surface area contributed by atoms with E-state index in [0.717, 1.165) is 41.1 Å². The molecule has 6 nitrogen and oxygen atoms in total. The number of hydrogen-bond donors (Lipinski definition) is 2. The number of unbranched alkanes of at least 4 members (excludes halogenated alkanes) is 1. The number of aromatic nitrogens is 1. The van der Waals surface area contributed by atoms with E-state index in [1.165, 1.54) is 16.9 Å². The number of ether oxygens (including phenoxy) is 1. The quantitative estimate of drug-likeness (QED) is 0.397. The lowest BCUT2D eigenvalue weighted by atomic mass is 10.1. The summed E-state index contributed by atoms with van der Waals surface area (Å²) in [7, 11) is 0. The predicted octanol–water partition coefficient (Wildman–Crippen LogP) is 4.84. The maximum atomic E-state index is 12.3. The molecule has 0 bridgehead atoms. The molecule has 7 heteroatoms. The molecule has 0 radical (unpaired) electrons. The highest BCUT2D eigenvalue weighted by atomic mass is 32.1. The van der Waals surface area contributed by atoms with Crippen LogP contribution in [0.1, 0.15) is 62.3 Å². The third-order valence-corrected chi connectivity index (χ3v) is 5.90. The zero-order valence-electron chi connectivity index (χ0n) is 19.4. The lowest BCUT2D eigenvalue weighted by Crippen LogP contribution is -2.34. The van der Waals surface area contributed by atoms with Gasteiger partial charge in [-0.2, -0.15) is 0 Å². The summed E-state index contributed by atoms with van der Waals surface area (Å²) in [6.07, 6.45) is 3.32. The first-order valence-corrected chi connectivity index (χ1v) is 12.1. The molecule has 0 fully saturated rings. The molecule has 0 saturated heterocycles. The van der Waals surface area contributed by atoms with E-state index in [2.05, 4.69) is 28.6 Å². The second-order valence-corrected chi connectivity index (χ2v) is 8.99. The Labute approximate surface area is 199 Å². The number of carbonyl (C=O) groups excluding carboxylic acids is 2. The van der Waals surface area contributed by atoms with Crippen molar-refractivity contribution in [2.75, 3.05) is 13.1 Å². The number of benzene rings is 2. The second-order valence-electron chi connectivity index (χ2n) is 8.05. The summed E-state index contributed by atoms with van der Waals surface area (Å²) in [6, 6.07) is 13.7. The lowest BCUT2D eigenvalue weighted by molar-refractivity contribution is 0.0925. The van der Waals surface area contributed by atoms with Gasteiger partial charge in [-0.15, -0.1) is 11.3 Å². The minimum absolute atomic E-state index is 0.147. The predicted molar refractivity (Wildman–Crippen MR) is 132 cm³/mol. The molecule has 0 aliphatic rings. The molecule has 1 heterocycles. The smallest absolute Gasteiger partial charge is 0.270 e. The van der Waals surface area contributed by atoms with Crippen molar-refractivity contribution in [1.82, 2.24) is 15.6 Å². The number of nitrogens with one attached hydrogen (secondary N) is 2. The standard InChI is InChI=1S/C26H31N3O3S/c1-4-5-6-20-7-9-21(10-8-20)25(30)27-11-12-28-26(31)23-17-33-24(29-23)16-32-22-14-18(2)13-19(3)15-22/h7-10,13-15,17H,4-6,11-12,16H2,1-3H3,(H,27,30)(H,28,31). The van der Waals surface area contributed by atoms with Crippen LogP contribution < -0.4 is 15.4 Å². The Morgan fingerprint density at radius 1 is 0.970 bits per heavy atom. The minimum Gasteiger partial charge on any atom is -0.486 e. The van der Waals surface area contributed by atoms with Crippen molar-refractivity contribution in [1.29, 1.82) is 0 Å². The Bertz CT molecular complexity index is 1060. The van der Waals surface area contributed by atoms with Gasteiger partial charge in [0, 0.05) is 24.0 Å². The van der Waals surface area contributed by atoms with E-state index in [1.807, 2.05) is 50.2 Å².